The molecule has 0 atom stereocenters. The summed E-state index contributed by atoms with van der Waals surface area (Å²) in [6, 6.07) is 11.4. The first kappa shape index (κ1) is 12.6. The fourth-order valence-electron chi connectivity index (χ4n) is 1.74. The van der Waals surface area contributed by atoms with Crippen LogP contribution in [0.2, 0.25) is 5.02 Å². The van der Waals surface area contributed by atoms with Gasteiger partial charge in [0, 0.05) is 11.8 Å². The van der Waals surface area contributed by atoms with Gasteiger partial charge in [0.25, 0.3) is 0 Å². The van der Waals surface area contributed by atoms with Gasteiger partial charge in [-0.05, 0) is 36.8 Å². The average Bonchev–Trinajstić information content (AvgIpc) is 2.35. The number of methoxy groups -OCH3 is 1. The molecule has 0 spiro atoms. The van der Waals surface area contributed by atoms with Crippen LogP contribution in [0.5, 0.6) is 5.75 Å². The number of nitrogens with two attached hydrogens (primary N) is 1. The average molecular weight is 263 g/mol. The Kier molecular flexibility index (Phi) is 3.63. The molecule has 2 aromatic rings. The van der Waals surface area contributed by atoms with Gasteiger partial charge in [-0.2, -0.15) is 0 Å². The number of hydrogen-bond donors (Lipinski definition) is 2. The number of ether oxygens (including phenoxy) is 1. The molecule has 0 aromatic heterocycles. The number of benzene rings is 2. The van der Waals surface area contributed by atoms with Gasteiger partial charge in [-0.3, -0.25) is 0 Å². The summed E-state index contributed by atoms with van der Waals surface area (Å²) in [6.07, 6.45) is 0. The van der Waals surface area contributed by atoms with Gasteiger partial charge >= 0.3 is 0 Å². The fraction of sp³-hybridized carbons (Fsp3) is 0.143. The lowest BCUT2D eigenvalue weighted by Crippen LogP contribution is -1.96. The molecular formula is C14H15ClN2O. The van der Waals surface area contributed by atoms with E-state index in [-0.39, 0.29) is 0 Å². The molecule has 0 amide bonds. The van der Waals surface area contributed by atoms with Crippen LogP contribution < -0.4 is 15.8 Å². The van der Waals surface area contributed by atoms with Gasteiger partial charge in [-0.25, -0.2) is 0 Å². The SMILES string of the molecule is COc1cccc(Nc2cc(C)cc(N)c2Cl)c1. The van der Waals surface area contributed by atoms with Crippen LogP contribution in [0.15, 0.2) is 36.4 Å². The van der Waals surface area contributed by atoms with Crippen LogP contribution in [0.25, 0.3) is 0 Å². The predicted molar refractivity (Wildman–Crippen MR) is 76.9 cm³/mol. The topological polar surface area (TPSA) is 47.3 Å². The van der Waals surface area contributed by atoms with E-state index in [9.17, 15) is 0 Å². The maximum Gasteiger partial charge on any atom is 0.120 e. The monoisotopic (exact) mass is 262 g/mol. The Balaban J connectivity index is 2.33. The van der Waals surface area contributed by atoms with Gasteiger partial charge in [0.1, 0.15) is 5.75 Å². The van der Waals surface area contributed by atoms with E-state index in [2.05, 4.69) is 5.32 Å². The lowest BCUT2D eigenvalue weighted by molar-refractivity contribution is 0.415. The Morgan fingerprint density at radius 3 is 2.72 bits per heavy atom. The van der Waals surface area contributed by atoms with E-state index in [1.54, 1.807) is 7.11 Å². The van der Waals surface area contributed by atoms with E-state index in [4.69, 9.17) is 22.1 Å². The van der Waals surface area contributed by atoms with Crippen molar-refractivity contribution in [1.82, 2.24) is 0 Å². The molecule has 0 aliphatic rings. The van der Waals surface area contributed by atoms with Gasteiger partial charge in [-0.15, -0.1) is 0 Å². The zero-order valence-corrected chi connectivity index (χ0v) is 11.1. The number of nitrogens with one attached hydrogen (secondary N) is 1. The Bertz CT molecular complexity index is 570. The first-order valence-corrected chi connectivity index (χ1v) is 5.94. The molecule has 0 aliphatic carbocycles. The molecule has 4 heteroatoms. The highest BCUT2D eigenvalue weighted by Crippen LogP contribution is 2.32. The highest BCUT2D eigenvalue weighted by atomic mass is 35.5. The summed E-state index contributed by atoms with van der Waals surface area (Å²) in [5.74, 6) is 0.789. The van der Waals surface area contributed by atoms with E-state index in [0.717, 1.165) is 22.7 Å². The van der Waals surface area contributed by atoms with Gasteiger partial charge in [0.15, 0.2) is 0 Å². The molecular weight excluding hydrogens is 248 g/mol. The van der Waals surface area contributed by atoms with Crippen molar-refractivity contribution in [2.75, 3.05) is 18.2 Å². The molecule has 0 unspecified atom stereocenters. The third-order valence-electron chi connectivity index (χ3n) is 2.59. The van der Waals surface area contributed by atoms with Crippen LogP contribution in [0.4, 0.5) is 17.1 Å². The molecule has 0 saturated heterocycles. The Morgan fingerprint density at radius 2 is 2.00 bits per heavy atom. The van der Waals surface area contributed by atoms with Crippen molar-refractivity contribution in [1.29, 1.82) is 0 Å². The van der Waals surface area contributed by atoms with Crippen LogP contribution in [-0.4, -0.2) is 7.11 Å². The van der Waals surface area contributed by atoms with Gasteiger partial charge < -0.3 is 15.8 Å². The highest BCUT2D eigenvalue weighted by molar-refractivity contribution is 6.35. The quantitative estimate of drug-likeness (QED) is 0.823. The van der Waals surface area contributed by atoms with Crippen LogP contribution in [0, 0.1) is 6.92 Å². The summed E-state index contributed by atoms with van der Waals surface area (Å²) in [6.45, 7) is 1.98. The summed E-state index contributed by atoms with van der Waals surface area (Å²) in [5, 5.41) is 3.77. The summed E-state index contributed by atoms with van der Waals surface area (Å²) in [7, 11) is 1.64. The number of rotatable bonds is 3. The zero-order valence-electron chi connectivity index (χ0n) is 10.3. The van der Waals surface area contributed by atoms with E-state index >= 15 is 0 Å². The number of halogens is 1. The van der Waals surface area contributed by atoms with E-state index < -0.39 is 0 Å². The van der Waals surface area contributed by atoms with Crippen molar-refractivity contribution in [3.8, 4) is 5.75 Å². The molecule has 2 aromatic carbocycles. The van der Waals surface area contributed by atoms with Crippen molar-refractivity contribution in [2.24, 2.45) is 0 Å². The van der Waals surface area contributed by atoms with Crippen molar-refractivity contribution < 1.29 is 4.74 Å². The first-order valence-electron chi connectivity index (χ1n) is 5.57. The van der Waals surface area contributed by atoms with Gasteiger partial charge in [0.05, 0.1) is 23.5 Å². The Labute approximate surface area is 112 Å². The van der Waals surface area contributed by atoms with E-state index in [1.165, 1.54) is 0 Å². The van der Waals surface area contributed by atoms with E-state index in [1.807, 2.05) is 43.3 Å². The summed E-state index contributed by atoms with van der Waals surface area (Å²) in [5.41, 5.74) is 9.16. The number of aryl methyl sites for hydroxylation is 1. The standard InChI is InChI=1S/C14H15ClN2O/c1-9-6-12(16)14(15)13(7-9)17-10-4-3-5-11(8-10)18-2/h3-8,17H,16H2,1-2H3. The minimum atomic E-state index is 0.531. The minimum Gasteiger partial charge on any atom is -0.497 e. The van der Waals surface area contributed by atoms with Crippen molar-refractivity contribution in [3.63, 3.8) is 0 Å². The minimum absolute atomic E-state index is 0.531. The highest BCUT2D eigenvalue weighted by Gasteiger charge is 2.06. The molecule has 2 rings (SSSR count). The molecule has 94 valence electrons. The van der Waals surface area contributed by atoms with Crippen molar-refractivity contribution in [2.45, 2.75) is 6.92 Å². The summed E-state index contributed by atoms with van der Waals surface area (Å²) < 4.78 is 5.17. The lowest BCUT2D eigenvalue weighted by atomic mass is 10.2. The number of hydrogen-bond acceptors (Lipinski definition) is 3. The zero-order chi connectivity index (χ0) is 13.1. The Morgan fingerprint density at radius 1 is 1.22 bits per heavy atom. The smallest absolute Gasteiger partial charge is 0.120 e. The maximum absolute atomic E-state index is 6.17. The van der Waals surface area contributed by atoms with Crippen LogP contribution in [0.3, 0.4) is 0 Å². The molecule has 3 N–H and O–H groups in total. The molecule has 0 radical (unpaired) electrons. The molecule has 3 nitrogen and oxygen atoms in total. The second-order valence-electron chi connectivity index (χ2n) is 4.07. The summed E-state index contributed by atoms with van der Waals surface area (Å²) >= 11 is 6.17. The van der Waals surface area contributed by atoms with Crippen molar-refractivity contribution in [3.05, 3.63) is 47.0 Å². The van der Waals surface area contributed by atoms with Crippen LogP contribution in [0.1, 0.15) is 5.56 Å². The molecule has 18 heavy (non-hydrogen) atoms. The van der Waals surface area contributed by atoms with Gasteiger partial charge in [-0.1, -0.05) is 17.7 Å². The third-order valence-corrected chi connectivity index (χ3v) is 3.02. The second-order valence-corrected chi connectivity index (χ2v) is 4.45. The molecule has 0 fully saturated rings. The van der Waals surface area contributed by atoms with Gasteiger partial charge in [0.2, 0.25) is 0 Å². The molecule has 0 bridgehead atoms. The molecule has 0 heterocycles. The van der Waals surface area contributed by atoms with Crippen molar-refractivity contribution >= 4 is 28.7 Å². The molecule has 0 saturated carbocycles. The molecule has 0 aliphatic heterocycles. The number of nitrogen functional groups attached to an aromatic ring is 1. The summed E-state index contributed by atoms with van der Waals surface area (Å²) in [4.78, 5) is 0. The lowest BCUT2D eigenvalue weighted by Gasteiger charge is -2.12. The first-order chi connectivity index (χ1) is 8.60. The maximum atomic E-state index is 6.17. The largest absolute Gasteiger partial charge is 0.497 e. The fourth-order valence-corrected chi connectivity index (χ4v) is 1.90. The van der Waals surface area contributed by atoms with Crippen LogP contribution >= 0.6 is 11.6 Å². The second kappa shape index (κ2) is 5.19. The number of anilines is 3. The Hall–Kier alpha value is -1.87. The normalized spacial score (nSPS) is 10.2. The van der Waals surface area contributed by atoms with Crippen LogP contribution in [-0.2, 0) is 0 Å². The third kappa shape index (κ3) is 2.68. The van der Waals surface area contributed by atoms with E-state index in [0.29, 0.717) is 10.7 Å². The predicted octanol–water partition coefficient (Wildman–Crippen LogP) is 3.98.